The first-order chi connectivity index (χ1) is 14.5. The van der Waals surface area contributed by atoms with Gasteiger partial charge in [-0.3, -0.25) is 9.59 Å². The van der Waals surface area contributed by atoms with Gasteiger partial charge in [-0.15, -0.1) is 11.8 Å². The fourth-order valence-electron chi connectivity index (χ4n) is 3.81. The summed E-state index contributed by atoms with van der Waals surface area (Å²) in [5, 5.41) is 5.63. The van der Waals surface area contributed by atoms with Crippen molar-refractivity contribution in [1.29, 1.82) is 0 Å². The lowest BCUT2D eigenvalue weighted by Gasteiger charge is -2.20. The van der Waals surface area contributed by atoms with Crippen molar-refractivity contribution in [3.63, 3.8) is 0 Å². The minimum absolute atomic E-state index is 0.103. The summed E-state index contributed by atoms with van der Waals surface area (Å²) in [5.74, 6) is -0.692. The maximum absolute atomic E-state index is 12.3. The molecule has 0 aromatic heterocycles. The molecular formula is C23H24N2O4S. The molecule has 1 atom stereocenters. The van der Waals surface area contributed by atoms with Crippen molar-refractivity contribution in [2.45, 2.75) is 43.5 Å². The lowest BCUT2D eigenvalue weighted by molar-refractivity contribution is -0.124. The van der Waals surface area contributed by atoms with E-state index >= 15 is 0 Å². The smallest absolute Gasteiger partial charge is 0.338 e. The number of anilines is 1. The van der Waals surface area contributed by atoms with Crippen LogP contribution < -0.4 is 10.6 Å². The summed E-state index contributed by atoms with van der Waals surface area (Å²) in [6, 6.07) is 11.2. The zero-order valence-corrected chi connectivity index (χ0v) is 17.6. The van der Waals surface area contributed by atoms with Crippen molar-refractivity contribution < 1.29 is 19.1 Å². The third kappa shape index (κ3) is 4.67. The number of aryl methyl sites for hydroxylation is 2. The summed E-state index contributed by atoms with van der Waals surface area (Å²) in [4.78, 5) is 37.0. The van der Waals surface area contributed by atoms with Crippen molar-refractivity contribution in [3.8, 4) is 0 Å². The minimum Gasteiger partial charge on any atom is -0.452 e. The highest BCUT2D eigenvalue weighted by molar-refractivity contribution is 8.00. The Labute approximate surface area is 179 Å². The summed E-state index contributed by atoms with van der Waals surface area (Å²) in [5.41, 5.74) is 4.71. The maximum atomic E-state index is 12.3. The number of amides is 2. The molecule has 0 saturated carbocycles. The molecule has 2 N–H and O–H groups in total. The van der Waals surface area contributed by atoms with Gasteiger partial charge in [-0.25, -0.2) is 4.79 Å². The molecule has 0 bridgehead atoms. The molecule has 2 aromatic carbocycles. The highest BCUT2D eigenvalue weighted by atomic mass is 32.2. The van der Waals surface area contributed by atoms with E-state index in [9.17, 15) is 14.4 Å². The van der Waals surface area contributed by atoms with Gasteiger partial charge in [-0.2, -0.15) is 0 Å². The van der Waals surface area contributed by atoms with Crippen molar-refractivity contribution in [3.05, 3.63) is 58.7 Å². The van der Waals surface area contributed by atoms with Crippen LogP contribution in [0.5, 0.6) is 0 Å². The van der Waals surface area contributed by atoms with E-state index in [2.05, 4.69) is 28.8 Å². The molecule has 2 amide bonds. The quantitative estimate of drug-likeness (QED) is 0.716. The zero-order valence-electron chi connectivity index (χ0n) is 16.8. The van der Waals surface area contributed by atoms with E-state index < -0.39 is 5.97 Å². The first-order valence-corrected chi connectivity index (χ1v) is 11.1. The van der Waals surface area contributed by atoms with Crippen molar-refractivity contribution >= 4 is 35.2 Å². The number of carbonyl (C=O) groups is 3. The molecule has 1 heterocycles. The molecule has 1 aliphatic carbocycles. The normalized spacial score (nSPS) is 16.0. The Hall–Kier alpha value is -2.80. The molecule has 30 heavy (non-hydrogen) atoms. The van der Waals surface area contributed by atoms with Gasteiger partial charge in [-0.05, 0) is 67.5 Å². The van der Waals surface area contributed by atoms with Gasteiger partial charge >= 0.3 is 5.97 Å². The first kappa shape index (κ1) is 20.5. The third-order valence-corrected chi connectivity index (χ3v) is 6.51. The first-order valence-electron chi connectivity index (χ1n) is 10.1. The van der Waals surface area contributed by atoms with Gasteiger partial charge in [0.25, 0.3) is 5.91 Å². The second kappa shape index (κ2) is 8.92. The van der Waals surface area contributed by atoms with Crippen LogP contribution in [0.2, 0.25) is 0 Å². The number of hydrogen-bond acceptors (Lipinski definition) is 5. The summed E-state index contributed by atoms with van der Waals surface area (Å²) in [6.07, 6.45) is 4.65. The van der Waals surface area contributed by atoms with Crippen molar-refractivity contribution in [2.24, 2.45) is 0 Å². The standard InChI is InChI=1S/C23H24N2O4S/c1-14(16-7-6-15-4-2-3-5-17(15)10-16)24-21(26)12-29-23(28)18-8-9-20-19(11-18)25-22(27)13-30-20/h6-11,14H,2-5,12-13H2,1H3,(H,24,26)(H,25,27). The Kier molecular flexibility index (Phi) is 6.08. The largest absolute Gasteiger partial charge is 0.452 e. The summed E-state index contributed by atoms with van der Waals surface area (Å²) in [7, 11) is 0. The molecule has 156 valence electrons. The Morgan fingerprint density at radius 1 is 1.13 bits per heavy atom. The molecule has 1 unspecified atom stereocenters. The van der Waals surface area contributed by atoms with Gasteiger partial charge in [0.15, 0.2) is 6.61 Å². The van der Waals surface area contributed by atoms with Crippen LogP contribution in [0, 0.1) is 0 Å². The molecular weight excluding hydrogens is 400 g/mol. The number of fused-ring (bicyclic) bond motifs is 2. The number of hydrogen-bond donors (Lipinski definition) is 2. The molecule has 7 heteroatoms. The van der Waals surface area contributed by atoms with E-state index in [1.807, 2.05) is 6.92 Å². The molecule has 0 radical (unpaired) electrons. The van der Waals surface area contributed by atoms with Crippen molar-refractivity contribution in [2.75, 3.05) is 17.7 Å². The molecule has 1 aliphatic heterocycles. The summed E-state index contributed by atoms with van der Waals surface area (Å²) >= 11 is 1.42. The van der Waals surface area contributed by atoms with Crippen LogP contribution in [0.3, 0.4) is 0 Å². The fraction of sp³-hybridized carbons (Fsp3) is 0.348. The second-order valence-corrected chi connectivity index (χ2v) is 8.67. The molecule has 2 aromatic rings. The monoisotopic (exact) mass is 424 g/mol. The van der Waals surface area contributed by atoms with Crippen LogP contribution in [0.1, 0.15) is 52.9 Å². The lowest BCUT2D eigenvalue weighted by Crippen LogP contribution is -2.31. The number of rotatable bonds is 5. The molecule has 4 rings (SSSR count). The number of esters is 1. The van der Waals surface area contributed by atoms with E-state index in [0.717, 1.165) is 23.3 Å². The highest BCUT2D eigenvalue weighted by Crippen LogP contribution is 2.32. The van der Waals surface area contributed by atoms with Crippen LogP contribution in [-0.2, 0) is 27.2 Å². The van der Waals surface area contributed by atoms with E-state index in [-0.39, 0.29) is 24.5 Å². The van der Waals surface area contributed by atoms with Crippen LogP contribution >= 0.6 is 11.8 Å². The molecule has 0 spiro atoms. The second-order valence-electron chi connectivity index (χ2n) is 7.65. The Bertz CT molecular complexity index is 1000. The van der Waals surface area contributed by atoms with Crippen LogP contribution in [0.4, 0.5) is 5.69 Å². The molecule has 0 saturated heterocycles. The van der Waals surface area contributed by atoms with Gasteiger partial charge in [0.05, 0.1) is 23.0 Å². The summed E-state index contributed by atoms with van der Waals surface area (Å²) in [6.45, 7) is 1.57. The van der Waals surface area contributed by atoms with Gasteiger partial charge < -0.3 is 15.4 Å². The van der Waals surface area contributed by atoms with Crippen LogP contribution in [-0.4, -0.2) is 30.1 Å². The molecule has 0 fully saturated rings. The van der Waals surface area contributed by atoms with Crippen molar-refractivity contribution in [1.82, 2.24) is 5.32 Å². The van der Waals surface area contributed by atoms with Gasteiger partial charge in [0, 0.05) is 4.90 Å². The predicted octanol–water partition coefficient (Wildman–Crippen LogP) is 3.64. The summed E-state index contributed by atoms with van der Waals surface area (Å²) < 4.78 is 5.16. The van der Waals surface area contributed by atoms with E-state index in [4.69, 9.17) is 4.74 Å². The zero-order chi connectivity index (χ0) is 21.1. The average molecular weight is 425 g/mol. The average Bonchev–Trinajstić information content (AvgIpc) is 2.76. The lowest BCUT2D eigenvalue weighted by atomic mass is 9.89. The molecule has 6 nitrogen and oxygen atoms in total. The third-order valence-electron chi connectivity index (χ3n) is 5.43. The van der Waals surface area contributed by atoms with E-state index in [1.54, 1.807) is 18.2 Å². The Morgan fingerprint density at radius 2 is 1.93 bits per heavy atom. The van der Waals surface area contributed by atoms with E-state index in [1.165, 1.54) is 35.7 Å². The highest BCUT2D eigenvalue weighted by Gasteiger charge is 2.19. The Balaban J connectivity index is 1.32. The number of ether oxygens (including phenoxy) is 1. The number of nitrogens with one attached hydrogen (secondary N) is 2. The van der Waals surface area contributed by atoms with E-state index in [0.29, 0.717) is 17.0 Å². The topological polar surface area (TPSA) is 84.5 Å². The number of thioether (sulfide) groups is 1. The molecule has 2 aliphatic rings. The Morgan fingerprint density at radius 3 is 2.77 bits per heavy atom. The minimum atomic E-state index is -0.598. The fourth-order valence-corrected chi connectivity index (χ4v) is 4.60. The number of benzene rings is 2. The van der Waals surface area contributed by atoms with Gasteiger partial charge in [0.1, 0.15) is 0 Å². The van der Waals surface area contributed by atoms with Gasteiger partial charge in [0.2, 0.25) is 5.91 Å². The SMILES string of the molecule is CC(NC(=O)COC(=O)c1ccc2c(c1)NC(=O)CS2)c1ccc2c(c1)CCCC2. The maximum Gasteiger partial charge on any atom is 0.338 e. The van der Waals surface area contributed by atoms with Crippen LogP contribution in [0.15, 0.2) is 41.3 Å². The number of carbonyl (C=O) groups excluding carboxylic acids is 3. The van der Waals surface area contributed by atoms with Gasteiger partial charge in [-0.1, -0.05) is 18.2 Å². The van der Waals surface area contributed by atoms with Crippen LogP contribution in [0.25, 0.3) is 0 Å². The predicted molar refractivity (Wildman–Crippen MR) is 116 cm³/mol.